The van der Waals surface area contributed by atoms with E-state index in [1.165, 1.54) is 25.7 Å². The van der Waals surface area contributed by atoms with Gasteiger partial charge in [0.25, 0.3) is 0 Å². The van der Waals surface area contributed by atoms with Gasteiger partial charge in [-0.15, -0.1) is 0 Å². The molecule has 2 saturated heterocycles. The SMILES string of the molecule is CN1C2CCC1CC(CNC(=O)C1CCC(N)CC1)C2. The van der Waals surface area contributed by atoms with Crippen molar-refractivity contribution < 1.29 is 4.79 Å². The molecule has 3 N–H and O–H groups in total. The first-order chi connectivity index (χ1) is 9.63. The third kappa shape index (κ3) is 3.01. The molecule has 3 rings (SSSR count). The predicted molar refractivity (Wildman–Crippen MR) is 80.2 cm³/mol. The van der Waals surface area contributed by atoms with Crippen molar-refractivity contribution in [3.8, 4) is 0 Å². The summed E-state index contributed by atoms with van der Waals surface area (Å²) in [6.07, 6.45) is 9.22. The predicted octanol–water partition coefficient (Wildman–Crippen LogP) is 1.49. The summed E-state index contributed by atoms with van der Waals surface area (Å²) in [5, 5.41) is 3.22. The van der Waals surface area contributed by atoms with Crippen LogP contribution in [0, 0.1) is 11.8 Å². The second-order valence-electron chi connectivity index (χ2n) is 7.24. The van der Waals surface area contributed by atoms with Gasteiger partial charge in [0.05, 0.1) is 0 Å². The molecule has 4 heteroatoms. The number of nitrogens with zero attached hydrogens (tertiary/aromatic N) is 1. The lowest BCUT2D eigenvalue weighted by atomic mass is 9.85. The van der Waals surface area contributed by atoms with Crippen molar-refractivity contribution in [3.05, 3.63) is 0 Å². The first-order valence-electron chi connectivity index (χ1n) is 8.38. The lowest BCUT2D eigenvalue weighted by Crippen LogP contribution is -2.44. The van der Waals surface area contributed by atoms with E-state index in [9.17, 15) is 4.79 Å². The normalized spacial score (nSPS) is 41.6. The van der Waals surface area contributed by atoms with E-state index in [4.69, 9.17) is 5.73 Å². The maximum atomic E-state index is 12.2. The molecule has 1 saturated carbocycles. The van der Waals surface area contributed by atoms with Crippen molar-refractivity contribution in [2.45, 2.75) is 69.5 Å². The minimum atomic E-state index is 0.220. The Labute approximate surface area is 122 Å². The number of piperidine rings is 1. The number of nitrogens with one attached hydrogen (secondary N) is 1. The van der Waals surface area contributed by atoms with E-state index in [1.807, 2.05) is 0 Å². The highest BCUT2D eigenvalue weighted by atomic mass is 16.1. The van der Waals surface area contributed by atoms with E-state index in [0.717, 1.165) is 44.3 Å². The van der Waals surface area contributed by atoms with Crippen molar-refractivity contribution >= 4 is 5.91 Å². The average Bonchev–Trinajstić information content (AvgIpc) is 2.66. The molecule has 20 heavy (non-hydrogen) atoms. The summed E-state index contributed by atoms with van der Waals surface area (Å²) in [5.41, 5.74) is 5.90. The van der Waals surface area contributed by atoms with E-state index < -0.39 is 0 Å². The van der Waals surface area contributed by atoms with Crippen molar-refractivity contribution in [1.29, 1.82) is 0 Å². The van der Waals surface area contributed by atoms with Crippen LogP contribution >= 0.6 is 0 Å². The molecule has 0 radical (unpaired) electrons. The van der Waals surface area contributed by atoms with Gasteiger partial charge in [0.1, 0.15) is 0 Å². The largest absolute Gasteiger partial charge is 0.356 e. The maximum Gasteiger partial charge on any atom is 0.223 e. The number of hydrogen-bond acceptors (Lipinski definition) is 3. The van der Waals surface area contributed by atoms with Crippen molar-refractivity contribution in [2.24, 2.45) is 17.6 Å². The average molecular weight is 279 g/mol. The van der Waals surface area contributed by atoms with E-state index in [-0.39, 0.29) is 11.8 Å². The molecule has 3 fully saturated rings. The van der Waals surface area contributed by atoms with Crippen LogP contribution in [-0.2, 0) is 4.79 Å². The van der Waals surface area contributed by atoms with Gasteiger partial charge in [-0.25, -0.2) is 0 Å². The van der Waals surface area contributed by atoms with E-state index >= 15 is 0 Å². The fraction of sp³-hybridized carbons (Fsp3) is 0.938. The molecule has 0 aromatic heterocycles. The smallest absolute Gasteiger partial charge is 0.223 e. The highest BCUT2D eigenvalue weighted by molar-refractivity contribution is 5.78. The molecule has 2 heterocycles. The van der Waals surface area contributed by atoms with E-state index in [0.29, 0.717) is 12.0 Å². The van der Waals surface area contributed by atoms with Gasteiger partial charge in [-0.3, -0.25) is 4.79 Å². The number of hydrogen-bond donors (Lipinski definition) is 2. The summed E-state index contributed by atoms with van der Waals surface area (Å²) in [5.74, 6) is 1.19. The van der Waals surface area contributed by atoms with E-state index in [2.05, 4.69) is 17.3 Å². The second kappa shape index (κ2) is 6.02. The third-order valence-electron chi connectivity index (χ3n) is 5.90. The fourth-order valence-corrected chi connectivity index (χ4v) is 4.46. The third-order valence-corrected chi connectivity index (χ3v) is 5.90. The zero-order valence-electron chi connectivity index (χ0n) is 12.7. The van der Waals surface area contributed by atoms with Gasteiger partial charge in [0.15, 0.2) is 0 Å². The topological polar surface area (TPSA) is 58.4 Å². The minimum absolute atomic E-state index is 0.220. The summed E-state index contributed by atoms with van der Waals surface area (Å²) >= 11 is 0. The molecule has 2 atom stereocenters. The maximum absolute atomic E-state index is 12.2. The summed E-state index contributed by atoms with van der Waals surface area (Å²) in [4.78, 5) is 14.8. The monoisotopic (exact) mass is 279 g/mol. The van der Waals surface area contributed by atoms with E-state index in [1.54, 1.807) is 0 Å². The standard InChI is InChI=1S/C16H29N3O/c1-19-14-6-7-15(19)9-11(8-14)10-18-16(20)12-2-4-13(17)5-3-12/h11-15H,2-10,17H2,1H3,(H,18,20). The highest BCUT2D eigenvalue weighted by Crippen LogP contribution is 2.37. The molecular weight excluding hydrogens is 250 g/mol. The van der Waals surface area contributed by atoms with Crippen LogP contribution in [0.2, 0.25) is 0 Å². The lowest BCUT2D eigenvalue weighted by molar-refractivity contribution is -0.126. The van der Waals surface area contributed by atoms with Crippen LogP contribution in [0.3, 0.4) is 0 Å². The molecule has 0 aromatic rings. The van der Waals surface area contributed by atoms with Gasteiger partial charge in [0, 0.05) is 30.6 Å². The fourth-order valence-electron chi connectivity index (χ4n) is 4.46. The zero-order valence-corrected chi connectivity index (χ0v) is 12.7. The minimum Gasteiger partial charge on any atom is -0.356 e. The second-order valence-corrected chi connectivity index (χ2v) is 7.24. The summed E-state index contributed by atoms with van der Waals surface area (Å²) in [6, 6.07) is 1.86. The van der Waals surface area contributed by atoms with Crippen LogP contribution < -0.4 is 11.1 Å². The van der Waals surface area contributed by atoms with Gasteiger partial charge < -0.3 is 16.0 Å². The molecule has 3 aliphatic rings. The van der Waals surface area contributed by atoms with Crippen LogP contribution in [0.4, 0.5) is 0 Å². The number of carbonyl (C=O) groups excluding carboxylic acids is 1. The Bertz CT molecular complexity index is 338. The molecule has 2 unspecified atom stereocenters. The Morgan fingerprint density at radius 1 is 1.10 bits per heavy atom. The molecule has 2 aliphatic heterocycles. The van der Waals surface area contributed by atoms with Crippen LogP contribution in [-0.4, -0.2) is 42.5 Å². The van der Waals surface area contributed by atoms with Gasteiger partial charge in [-0.1, -0.05) is 0 Å². The first-order valence-corrected chi connectivity index (χ1v) is 8.38. The Morgan fingerprint density at radius 3 is 2.30 bits per heavy atom. The molecule has 2 bridgehead atoms. The van der Waals surface area contributed by atoms with Crippen molar-refractivity contribution in [1.82, 2.24) is 10.2 Å². The summed E-state index contributed by atoms with van der Waals surface area (Å²) < 4.78 is 0. The lowest BCUT2D eigenvalue weighted by Gasteiger charge is -2.36. The van der Waals surface area contributed by atoms with Gasteiger partial charge in [0.2, 0.25) is 5.91 Å². The Kier molecular flexibility index (Phi) is 4.32. The number of fused-ring (bicyclic) bond motifs is 2. The van der Waals surface area contributed by atoms with Gasteiger partial charge in [-0.2, -0.15) is 0 Å². The first kappa shape index (κ1) is 14.3. The molecular formula is C16H29N3O. The molecule has 4 nitrogen and oxygen atoms in total. The Balaban J connectivity index is 1.42. The zero-order chi connectivity index (χ0) is 14.1. The van der Waals surface area contributed by atoms with Gasteiger partial charge >= 0.3 is 0 Å². The van der Waals surface area contributed by atoms with Crippen LogP contribution in [0.5, 0.6) is 0 Å². The highest BCUT2D eigenvalue weighted by Gasteiger charge is 2.38. The van der Waals surface area contributed by atoms with Gasteiger partial charge in [-0.05, 0) is 64.3 Å². The molecule has 1 amide bonds. The molecule has 0 spiro atoms. The summed E-state index contributed by atoms with van der Waals surface area (Å²) in [6.45, 7) is 0.891. The Hall–Kier alpha value is -0.610. The number of amides is 1. The Morgan fingerprint density at radius 2 is 1.70 bits per heavy atom. The quantitative estimate of drug-likeness (QED) is 0.823. The molecule has 114 valence electrons. The number of nitrogens with two attached hydrogens (primary N) is 1. The van der Waals surface area contributed by atoms with Crippen molar-refractivity contribution in [2.75, 3.05) is 13.6 Å². The molecule has 1 aliphatic carbocycles. The van der Waals surface area contributed by atoms with Crippen LogP contribution in [0.15, 0.2) is 0 Å². The number of rotatable bonds is 3. The van der Waals surface area contributed by atoms with Crippen molar-refractivity contribution in [3.63, 3.8) is 0 Å². The summed E-state index contributed by atoms with van der Waals surface area (Å²) in [7, 11) is 2.27. The number of carbonyl (C=O) groups is 1. The van der Waals surface area contributed by atoms with Crippen LogP contribution in [0.1, 0.15) is 51.4 Å². The van der Waals surface area contributed by atoms with Crippen LogP contribution in [0.25, 0.3) is 0 Å². The molecule has 0 aromatic carbocycles.